The van der Waals surface area contributed by atoms with Gasteiger partial charge in [0.2, 0.25) is 5.91 Å². The Hall–Kier alpha value is -2.06. The summed E-state index contributed by atoms with van der Waals surface area (Å²) in [6, 6.07) is 8.04. The molecule has 0 spiro atoms. The van der Waals surface area contributed by atoms with Gasteiger partial charge in [0.1, 0.15) is 6.07 Å². The van der Waals surface area contributed by atoms with E-state index in [0.717, 1.165) is 30.8 Å². The first-order valence-electron chi connectivity index (χ1n) is 6.44. The number of nitrogens with one attached hydrogen (secondary N) is 2. The number of hydrogen-bond acceptors (Lipinski definition) is 4. The molecule has 1 aliphatic heterocycles. The largest absolute Gasteiger partial charge is 0.361 e. The third-order valence-electron chi connectivity index (χ3n) is 3.16. The van der Waals surface area contributed by atoms with E-state index in [1.807, 2.05) is 30.1 Å². The van der Waals surface area contributed by atoms with Crippen molar-refractivity contribution in [2.75, 3.05) is 31.6 Å². The number of anilines is 1. The highest BCUT2D eigenvalue weighted by Crippen LogP contribution is 2.22. The maximum absolute atomic E-state index is 11.6. The van der Waals surface area contributed by atoms with Gasteiger partial charge in [-0.2, -0.15) is 5.26 Å². The van der Waals surface area contributed by atoms with E-state index in [1.165, 1.54) is 0 Å². The number of carbonyl (C=O) groups excluding carboxylic acids is 1. The molecule has 0 aliphatic carbocycles. The molecule has 1 aliphatic rings. The Bertz CT molecular complexity index is 507. The van der Waals surface area contributed by atoms with Crippen LogP contribution in [0.5, 0.6) is 0 Å². The van der Waals surface area contributed by atoms with E-state index in [4.69, 9.17) is 0 Å². The number of amides is 1. The Morgan fingerprint density at radius 2 is 2.37 bits per heavy atom. The topological polar surface area (TPSA) is 68.2 Å². The fourth-order valence-electron chi connectivity index (χ4n) is 2.27. The highest BCUT2D eigenvalue weighted by molar-refractivity contribution is 5.82. The predicted molar refractivity (Wildman–Crippen MR) is 73.8 cm³/mol. The van der Waals surface area contributed by atoms with Crippen LogP contribution < -0.4 is 15.5 Å². The zero-order valence-corrected chi connectivity index (χ0v) is 11.1. The summed E-state index contributed by atoms with van der Waals surface area (Å²) in [5.74, 6) is 0.0145. The van der Waals surface area contributed by atoms with Crippen molar-refractivity contribution in [3.8, 4) is 6.07 Å². The van der Waals surface area contributed by atoms with Gasteiger partial charge in [0.25, 0.3) is 0 Å². The van der Waals surface area contributed by atoms with Crippen LogP contribution in [0, 0.1) is 11.3 Å². The molecule has 5 heteroatoms. The van der Waals surface area contributed by atoms with Crippen molar-refractivity contribution in [1.29, 1.82) is 5.26 Å². The van der Waals surface area contributed by atoms with Gasteiger partial charge >= 0.3 is 0 Å². The summed E-state index contributed by atoms with van der Waals surface area (Å²) in [6.45, 7) is 2.54. The van der Waals surface area contributed by atoms with Crippen LogP contribution in [-0.4, -0.2) is 32.6 Å². The molecule has 2 rings (SSSR count). The molecule has 1 amide bonds. The van der Waals surface area contributed by atoms with Gasteiger partial charge < -0.3 is 15.5 Å². The average molecular weight is 258 g/mol. The van der Waals surface area contributed by atoms with E-state index in [9.17, 15) is 10.1 Å². The Balaban J connectivity index is 2.28. The van der Waals surface area contributed by atoms with Gasteiger partial charge in [-0.15, -0.1) is 0 Å². The summed E-state index contributed by atoms with van der Waals surface area (Å²) in [6.07, 6.45) is 0.898. The van der Waals surface area contributed by atoms with Gasteiger partial charge in [-0.05, 0) is 31.2 Å². The highest BCUT2D eigenvalue weighted by atomic mass is 16.2. The summed E-state index contributed by atoms with van der Waals surface area (Å²) in [4.78, 5) is 13.6. The lowest BCUT2D eigenvalue weighted by Crippen LogP contribution is -2.33. The monoisotopic (exact) mass is 258 g/mol. The molecule has 5 nitrogen and oxygen atoms in total. The fraction of sp³-hybridized carbons (Fsp3) is 0.429. The predicted octanol–water partition coefficient (Wildman–Crippen LogP) is 0.604. The van der Waals surface area contributed by atoms with Gasteiger partial charge in [-0.1, -0.05) is 6.07 Å². The van der Waals surface area contributed by atoms with Crippen molar-refractivity contribution in [2.45, 2.75) is 13.0 Å². The first-order chi connectivity index (χ1) is 9.24. The summed E-state index contributed by atoms with van der Waals surface area (Å²) in [5.41, 5.74) is 2.55. The van der Waals surface area contributed by atoms with Crippen LogP contribution in [0.25, 0.3) is 0 Å². The summed E-state index contributed by atoms with van der Waals surface area (Å²) >= 11 is 0. The van der Waals surface area contributed by atoms with Crippen LogP contribution in [0.2, 0.25) is 0 Å². The molecule has 19 heavy (non-hydrogen) atoms. The van der Waals surface area contributed by atoms with Crippen LogP contribution in [0.1, 0.15) is 17.5 Å². The van der Waals surface area contributed by atoms with Crippen LogP contribution in [-0.2, 0) is 11.3 Å². The quantitative estimate of drug-likeness (QED) is 0.833. The van der Waals surface area contributed by atoms with Gasteiger partial charge in [0.15, 0.2) is 0 Å². The lowest BCUT2D eigenvalue weighted by molar-refractivity contribution is -0.119. The van der Waals surface area contributed by atoms with Crippen molar-refractivity contribution < 1.29 is 4.79 Å². The zero-order valence-electron chi connectivity index (χ0n) is 11.1. The Morgan fingerprint density at radius 3 is 3.11 bits per heavy atom. The molecule has 0 bridgehead atoms. The number of benzene rings is 1. The molecule has 0 aromatic heterocycles. The molecule has 1 heterocycles. The number of rotatable bonds is 3. The molecule has 0 atom stereocenters. The molecular formula is C14H18N4O. The summed E-state index contributed by atoms with van der Waals surface area (Å²) in [7, 11) is 1.87. The normalized spacial score (nSPS) is 15.6. The number of nitrogens with zero attached hydrogens (tertiary/aromatic N) is 2. The van der Waals surface area contributed by atoms with Crippen molar-refractivity contribution in [3.05, 3.63) is 29.3 Å². The zero-order chi connectivity index (χ0) is 13.7. The number of hydrogen-bond donors (Lipinski definition) is 2. The second kappa shape index (κ2) is 6.21. The molecular weight excluding hydrogens is 240 g/mol. The molecule has 2 N–H and O–H groups in total. The summed E-state index contributed by atoms with van der Waals surface area (Å²) in [5, 5.41) is 15.2. The molecule has 1 saturated heterocycles. The molecule has 1 aromatic carbocycles. The molecule has 0 unspecified atom stereocenters. The first kappa shape index (κ1) is 13.4. The van der Waals surface area contributed by atoms with Crippen LogP contribution in [0.3, 0.4) is 0 Å². The summed E-state index contributed by atoms with van der Waals surface area (Å²) < 4.78 is 0. The maximum atomic E-state index is 11.6. The maximum Gasteiger partial charge on any atom is 0.239 e. The van der Waals surface area contributed by atoms with E-state index < -0.39 is 0 Å². The third kappa shape index (κ3) is 3.24. The van der Waals surface area contributed by atoms with Crippen molar-refractivity contribution >= 4 is 11.6 Å². The lowest BCUT2D eigenvalue weighted by Gasteiger charge is -2.22. The van der Waals surface area contributed by atoms with E-state index >= 15 is 0 Å². The smallest absolute Gasteiger partial charge is 0.239 e. The van der Waals surface area contributed by atoms with Crippen LogP contribution in [0.15, 0.2) is 18.2 Å². The van der Waals surface area contributed by atoms with Gasteiger partial charge in [0.05, 0.1) is 17.8 Å². The van der Waals surface area contributed by atoms with Crippen LogP contribution in [0.4, 0.5) is 5.69 Å². The number of nitriles is 1. The Kier molecular flexibility index (Phi) is 4.37. The molecule has 1 fully saturated rings. The van der Waals surface area contributed by atoms with Crippen molar-refractivity contribution in [3.63, 3.8) is 0 Å². The second-order valence-electron chi connectivity index (χ2n) is 4.62. The Morgan fingerprint density at radius 1 is 1.53 bits per heavy atom. The minimum Gasteiger partial charge on any atom is -0.361 e. The van der Waals surface area contributed by atoms with Crippen molar-refractivity contribution in [1.82, 2.24) is 10.6 Å². The SMILES string of the molecule is CNCc1ccc(N2CCCNC(=O)C2)c(C#N)c1. The molecule has 0 radical (unpaired) electrons. The lowest BCUT2D eigenvalue weighted by atomic mass is 10.1. The minimum atomic E-state index is 0.0145. The van der Waals surface area contributed by atoms with Gasteiger partial charge in [-0.3, -0.25) is 4.79 Å². The van der Waals surface area contributed by atoms with Gasteiger partial charge in [-0.25, -0.2) is 0 Å². The molecule has 100 valence electrons. The number of carbonyl (C=O) groups is 1. The first-order valence-corrected chi connectivity index (χ1v) is 6.44. The second-order valence-corrected chi connectivity index (χ2v) is 4.62. The average Bonchev–Trinajstić information content (AvgIpc) is 2.63. The molecule has 0 saturated carbocycles. The fourth-order valence-corrected chi connectivity index (χ4v) is 2.27. The van der Waals surface area contributed by atoms with E-state index in [0.29, 0.717) is 18.7 Å². The minimum absolute atomic E-state index is 0.0145. The third-order valence-corrected chi connectivity index (χ3v) is 3.16. The van der Waals surface area contributed by atoms with E-state index in [-0.39, 0.29) is 5.91 Å². The van der Waals surface area contributed by atoms with Crippen molar-refractivity contribution in [2.24, 2.45) is 0 Å². The van der Waals surface area contributed by atoms with E-state index in [2.05, 4.69) is 16.7 Å². The highest BCUT2D eigenvalue weighted by Gasteiger charge is 2.17. The van der Waals surface area contributed by atoms with Gasteiger partial charge in [0, 0.05) is 19.6 Å². The molecule has 1 aromatic rings. The standard InChI is InChI=1S/C14H18N4O/c1-16-9-11-3-4-13(12(7-11)8-15)18-6-2-5-17-14(19)10-18/h3-4,7,16H,2,5-6,9-10H2,1H3,(H,17,19). The van der Waals surface area contributed by atoms with Crippen LogP contribution >= 0.6 is 0 Å². The Labute approximate surface area is 113 Å². The van der Waals surface area contributed by atoms with E-state index in [1.54, 1.807) is 0 Å².